The highest BCUT2D eigenvalue weighted by Gasteiger charge is 2.27. The van der Waals surface area contributed by atoms with Crippen molar-refractivity contribution >= 4 is 17.9 Å². The quantitative estimate of drug-likeness (QED) is 0.679. The van der Waals surface area contributed by atoms with Crippen molar-refractivity contribution in [2.45, 2.75) is 46.6 Å². The van der Waals surface area contributed by atoms with Gasteiger partial charge in [-0.2, -0.15) is 0 Å². The lowest BCUT2D eigenvalue weighted by Crippen LogP contribution is -2.51. The topological polar surface area (TPSA) is 105 Å². The minimum absolute atomic E-state index is 0.0331. The maximum atomic E-state index is 11.6. The molecule has 0 aromatic heterocycles. The predicted molar refractivity (Wildman–Crippen MR) is 73.3 cm³/mol. The van der Waals surface area contributed by atoms with E-state index in [1.807, 2.05) is 13.8 Å². The summed E-state index contributed by atoms with van der Waals surface area (Å²) in [6, 6.07) is -0.622. The molecule has 0 aliphatic carbocycles. The Hall–Kier alpha value is -1.63. The first-order valence-corrected chi connectivity index (χ1v) is 6.33. The molecule has 116 valence electrons. The summed E-state index contributed by atoms with van der Waals surface area (Å²) in [5.74, 6) is -1.86. The second-order valence-electron chi connectivity index (χ2n) is 6.51. The molecular formula is C13H24N2O5. The largest absolute Gasteiger partial charge is 0.480 e. The van der Waals surface area contributed by atoms with E-state index in [1.54, 1.807) is 0 Å². The van der Waals surface area contributed by atoms with Crippen LogP contribution in [0.25, 0.3) is 0 Å². The van der Waals surface area contributed by atoms with Gasteiger partial charge in [-0.25, -0.2) is 9.59 Å². The van der Waals surface area contributed by atoms with Gasteiger partial charge in [0, 0.05) is 5.54 Å². The Labute approximate surface area is 119 Å². The van der Waals surface area contributed by atoms with Gasteiger partial charge in [0.1, 0.15) is 13.2 Å². The van der Waals surface area contributed by atoms with Crippen LogP contribution in [0.5, 0.6) is 0 Å². The van der Waals surface area contributed by atoms with Crippen molar-refractivity contribution in [3.05, 3.63) is 0 Å². The number of hydrogen-bond acceptors (Lipinski definition) is 4. The average molecular weight is 288 g/mol. The minimum atomic E-state index is -1.17. The Balaban J connectivity index is 4.15. The zero-order chi connectivity index (χ0) is 16.0. The second-order valence-corrected chi connectivity index (χ2v) is 6.51. The van der Waals surface area contributed by atoms with Crippen LogP contribution >= 0.6 is 0 Å². The molecule has 20 heavy (non-hydrogen) atoms. The molecule has 3 N–H and O–H groups in total. The van der Waals surface area contributed by atoms with Gasteiger partial charge in [0.05, 0.1) is 0 Å². The van der Waals surface area contributed by atoms with Crippen molar-refractivity contribution in [2.24, 2.45) is 5.41 Å². The van der Waals surface area contributed by atoms with Gasteiger partial charge in [-0.3, -0.25) is 10.1 Å². The molecule has 0 bridgehead atoms. The molecule has 0 spiro atoms. The van der Waals surface area contributed by atoms with Crippen LogP contribution in [0.1, 0.15) is 41.0 Å². The Morgan fingerprint density at radius 2 is 1.60 bits per heavy atom. The maximum absolute atomic E-state index is 11.6. The van der Waals surface area contributed by atoms with Gasteiger partial charge in [-0.05, 0) is 25.7 Å². The molecule has 7 heteroatoms. The van der Waals surface area contributed by atoms with E-state index in [1.165, 1.54) is 0 Å². The molecule has 0 fully saturated rings. The van der Waals surface area contributed by atoms with Crippen LogP contribution in [0, 0.1) is 5.41 Å². The number of hydrogen-bond donors (Lipinski definition) is 3. The number of carboxylic acids is 1. The average Bonchev–Trinajstić information content (AvgIpc) is 2.10. The predicted octanol–water partition coefficient (Wildman–Crippen LogP) is 1.13. The molecule has 0 radical (unpaired) electrons. The Kier molecular flexibility index (Phi) is 6.64. The second kappa shape index (κ2) is 7.23. The van der Waals surface area contributed by atoms with Gasteiger partial charge in [-0.1, -0.05) is 20.8 Å². The third-order valence-electron chi connectivity index (χ3n) is 2.14. The van der Waals surface area contributed by atoms with Crippen molar-refractivity contribution in [1.82, 2.24) is 10.6 Å². The molecule has 0 aromatic carbocycles. The molecule has 7 nitrogen and oxygen atoms in total. The standard InChI is InChI=1S/C13H24N2O5/c1-12(2,3)8-13(4,5)15-11(19)14-9(16)6-20-7-10(17)18/h6-8H2,1-5H3,(H,17,18)(H2,14,15,16,19). The first-order chi connectivity index (χ1) is 8.91. The van der Waals surface area contributed by atoms with E-state index in [0.29, 0.717) is 0 Å². The van der Waals surface area contributed by atoms with Crippen LogP contribution in [0.3, 0.4) is 0 Å². The van der Waals surface area contributed by atoms with Crippen molar-refractivity contribution < 1.29 is 24.2 Å². The molecule has 0 aliphatic rings. The van der Waals surface area contributed by atoms with E-state index in [4.69, 9.17) is 5.11 Å². The van der Waals surface area contributed by atoms with Crippen molar-refractivity contribution in [2.75, 3.05) is 13.2 Å². The lowest BCUT2D eigenvalue weighted by atomic mass is 9.82. The maximum Gasteiger partial charge on any atom is 0.329 e. The third kappa shape index (κ3) is 10.3. The highest BCUT2D eigenvalue weighted by atomic mass is 16.5. The van der Waals surface area contributed by atoms with Gasteiger partial charge < -0.3 is 15.2 Å². The summed E-state index contributed by atoms with van der Waals surface area (Å²) in [6.45, 7) is 8.84. The Morgan fingerprint density at radius 1 is 1.05 bits per heavy atom. The number of carboxylic acid groups (broad SMARTS) is 1. The summed E-state index contributed by atoms with van der Waals surface area (Å²) in [5, 5.41) is 13.1. The van der Waals surface area contributed by atoms with E-state index in [9.17, 15) is 14.4 Å². The van der Waals surface area contributed by atoms with Crippen LogP contribution in [0.15, 0.2) is 0 Å². The van der Waals surface area contributed by atoms with E-state index in [2.05, 4.69) is 36.1 Å². The van der Waals surface area contributed by atoms with E-state index >= 15 is 0 Å². The normalized spacial score (nSPS) is 11.8. The van der Waals surface area contributed by atoms with Crippen LogP contribution in [-0.4, -0.2) is 41.8 Å². The molecule has 0 heterocycles. The van der Waals surface area contributed by atoms with Gasteiger partial charge in [-0.15, -0.1) is 0 Å². The van der Waals surface area contributed by atoms with E-state index in [0.717, 1.165) is 6.42 Å². The summed E-state index contributed by atoms with van der Waals surface area (Å²) in [5.41, 5.74) is -0.435. The first-order valence-electron chi connectivity index (χ1n) is 6.33. The van der Waals surface area contributed by atoms with Crippen LogP contribution in [-0.2, 0) is 14.3 Å². The van der Waals surface area contributed by atoms with Crippen molar-refractivity contribution in [3.8, 4) is 0 Å². The molecule has 0 aromatic rings. The SMILES string of the molecule is CC(C)(C)CC(C)(C)NC(=O)NC(=O)COCC(=O)O. The number of carbonyl (C=O) groups excluding carboxylic acids is 2. The monoisotopic (exact) mass is 288 g/mol. The number of ether oxygens (including phenoxy) is 1. The molecule has 0 saturated carbocycles. The summed E-state index contributed by atoms with van der Waals surface area (Å²) >= 11 is 0. The summed E-state index contributed by atoms with van der Waals surface area (Å²) in [6.07, 6.45) is 0.733. The first kappa shape index (κ1) is 18.4. The summed E-state index contributed by atoms with van der Waals surface area (Å²) in [4.78, 5) is 33.1. The summed E-state index contributed by atoms with van der Waals surface area (Å²) < 4.78 is 4.58. The van der Waals surface area contributed by atoms with Gasteiger partial charge in [0.15, 0.2) is 0 Å². The van der Waals surface area contributed by atoms with Crippen LogP contribution < -0.4 is 10.6 Å². The number of urea groups is 1. The zero-order valence-corrected chi connectivity index (χ0v) is 12.7. The molecular weight excluding hydrogens is 264 g/mol. The molecule has 0 rings (SSSR count). The number of amides is 3. The van der Waals surface area contributed by atoms with E-state index < -0.39 is 36.7 Å². The lowest BCUT2D eigenvalue weighted by Gasteiger charge is -2.33. The number of rotatable bonds is 6. The Morgan fingerprint density at radius 3 is 2.05 bits per heavy atom. The number of aliphatic carboxylic acids is 1. The molecule has 0 saturated heterocycles. The van der Waals surface area contributed by atoms with Gasteiger partial charge in [0.25, 0.3) is 5.91 Å². The molecule has 0 unspecified atom stereocenters. The van der Waals surface area contributed by atoms with Crippen molar-refractivity contribution in [1.29, 1.82) is 0 Å². The highest BCUT2D eigenvalue weighted by Crippen LogP contribution is 2.26. The fraction of sp³-hybridized carbons (Fsp3) is 0.769. The highest BCUT2D eigenvalue weighted by molar-refractivity contribution is 5.95. The number of carbonyl (C=O) groups is 3. The summed E-state index contributed by atoms with van der Waals surface area (Å²) in [7, 11) is 0. The third-order valence-corrected chi connectivity index (χ3v) is 2.14. The zero-order valence-electron chi connectivity index (χ0n) is 12.7. The molecule has 0 atom stereocenters. The number of nitrogens with one attached hydrogen (secondary N) is 2. The number of imide groups is 1. The van der Waals surface area contributed by atoms with E-state index in [-0.39, 0.29) is 5.41 Å². The Bertz CT molecular complexity index is 371. The van der Waals surface area contributed by atoms with Crippen molar-refractivity contribution in [3.63, 3.8) is 0 Å². The molecule has 0 aliphatic heterocycles. The van der Waals surface area contributed by atoms with Gasteiger partial charge >= 0.3 is 12.0 Å². The lowest BCUT2D eigenvalue weighted by molar-refractivity contribution is -0.143. The van der Waals surface area contributed by atoms with Gasteiger partial charge in [0.2, 0.25) is 0 Å². The molecule has 3 amide bonds. The fourth-order valence-electron chi connectivity index (χ4n) is 2.10. The van der Waals surface area contributed by atoms with Crippen LogP contribution in [0.4, 0.5) is 4.79 Å². The fourth-order valence-corrected chi connectivity index (χ4v) is 2.10. The smallest absolute Gasteiger partial charge is 0.329 e. The minimum Gasteiger partial charge on any atom is -0.480 e. The van der Waals surface area contributed by atoms with Crippen LogP contribution in [0.2, 0.25) is 0 Å².